The Morgan fingerprint density at radius 3 is 2.47 bits per heavy atom. The Labute approximate surface area is 224 Å². The van der Waals surface area contributed by atoms with Gasteiger partial charge in [-0.3, -0.25) is 14.0 Å². The van der Waals surface area contributed by atoms with E-state index in [0.29, 0.717) is 17.8 Å². The molecule has 0 radical (unpaired) electrons. The first kappa shape index (κ1) is 25.2. The molecule has 2 aromatic carbocycles. The number of rotatable bonds is 9. The van der Waals surface area contributed by atoms with Gasteiger partial charge >= 0.3 is 5.97 Å². The number of carbonyl (C=O) groups is 2. The van der Waals surface area contributed by atoms with Crippen LogP contribution < -0.4 is 10.6 Å². The minimum atomic E-state index is -0.982. The molecule has 1 atom stereocenters. The summed E-state index contributed by atoms with van der Waals surface area (Å²) in [5.74, 6) is -0.482. The Balaban J connectivity index is 1.47. The molecule has 0 spiro atoms. The van der Waals surface area contributed by atoms with E-state index in [2.05, 4.69) is 35.8 Å². The van der Waals surface area contributed by atoms with Crippen LogP contribution in [0.25, 0.3) is 16.2 Å². The fourth-order valence-electron chi connectivity index (χ4n) is 4.38. The van der Waals surface area contributed by atoms with Crippen molar-refractivity contribution in [2.75, 3.05) is 5.32 Å². The SMILES string of the molecule is Cc1ccc(C(CC(=O)O)NC(=O)c2ccn3c(NCc4ccccc4)c(-c4sccc4C)nc3c2)cc1. The average Bonchev–Trinajstić information content (AvgIpc) is 3.50. The number of pyridine rings is 1. The van der Waals surface area contributed by atoms with Gasteiger partial charge in [-0.05, 0) is 54.1 Å². The van der Waals surface area contributed by atoms with Gasteiger partial charge in [0.1, 0.15) is 17.2 Å². The minimum absolute atomic E-state index is 0.213. The highest BCUT2D eigenvalue weighted by molar-refractivity contribution is 7.13. The smallest absolute Gasteiger partial charge is 0.305 e. The van der Waals surface area contributed by atoms with Crippen LogP contribution in [0.2, 0.25) is 0 Å². The first-order chi connectivity index (χ1) is 18.4. The highest BCUT2D eigenvalue weighted by Crippen LogP contribution is 2.35. The molecule has 1 amide bonds. The molecule has 192 valence electrons. The molecule has 0 aliphatic carbocycles. The molecule has 0 saturated carbocycles. The number of carbonyl (C=O) groups excluding carboxylic acids is 1. The van der Waals surface area contributed by atoms with Crippen molar-refractivity contribution in [1.82, 2.24) is 14.7 Å². The maximum absolute atomic E-state index is 13.3. The summed E-state index contributed by atoms with van der Waals surface area (Å²) < 4.78 is 1.95. The summed E-state index contributed by atoms with van der Waals surface area (Å²) in [6.45, 7) is 4.65. The molecule has 0 saturated heterocycles. The Morgan fingerprint density at radius 1 is 1.03 bits per heavy atom. The van der Waals surface area contributed by atoms with Crippen molar-refractivity contribution in [3.05, 3.63) is 112 Å². The number of amides is 1. The zero-order valence-corrected chi connectivity index (χ0v) is 22.0. The summed E-state index contributed by atoms with van der Waals surface area (Å²) in [5, 5.41) is 17.9. The van der Waals surface area contributed by atoms with Gasteiger partial charge < -0.3 is 15.7 Å². The van der Waals surface area contributed by atoms with E-state index >= 15 is 0 Å². The third kappa shape index (κ3) is 5.45. The van der Waals surface area contributed by atoms with Gasteiger partial charge in [0.2, 0.25) is 0 Å². The second-order valence-corrected chi connectivity index (χ2v) is 10.2. The number of aryl methyl sites for hydroxylation is 2. The Morgan fingerprint density at radius 2 is 1.79 bits per heavy atom. The zero-order chi connectivity index (χ0) is 26.6. The molecular formula is C30H28N4O3S. The third-order valence-corrected chi connectivity index (χ3v) is 7.46. The quantitative estimate of drug-likeness (QED) is 0.212. The van der Waals surface area contributed by atoms with Gasteiger partial charge in [-0.15, -0.1) is 11.3 Å². The Hall–Kier alpha value is -4.43. The summed E-state index contributed by atoms with van der Waals surface area (Å²) in [4.78, 5) is 30.7. The number of anilines is 1. The van der Waals surface area contributed by atoms with Gasteiger partial charge in [-0.1, -0.05) is 60.2 Å². The Bertz CT molecular complexity index is 1590. The number of thiophene rings is 1. The lowest BCUT2D eigenvalue weighted by atomic mass is 10.0. The van der Waals surface area contributed by atoms with Crippen LogP contribution in [0.5, 0.6) is 0 Å². The highest BCUT2D eigenvalue weighted by atomic mass is 32.1. The topological polar surface area (TPSA) is 95.7 Å². The van der Waals surface area contributed by atoms with E-state index < -0.39 is 12.0 Å². The van der Waals surface area contributed by atoms with Crippen molar-refractivity contribution in [3.8, 4) is 10.6 Å². The van der Waals surface area contributed by atoms with E-state index in [1.54, 1.807) is 23.5 Å². The first-order valence-electron chi connectivity index (χ1n) is 12.3. The summed E-state index contributed by atoms with van der Waals surface area (Å²) in [5.41, 5.74) is 5.95. The molecule has 3 aromatic heterocycles. The van der Waals surface area contributed by atoms with Crippen LogP contribution in [0.4, 0.5) is 5.82 Å². The van der Waals surface area contributed by atoms with Crippen molar-refractivity contribution in [2.24, 2.45) is 0 Å². The van der Waals surface area contributed by atoms with E-state index in [1.807, 2.05) is 65.4 Å². The lowest BCUT2D eigenvalue weighted by Crippen LogP contribution is -2.30. The molecule has 0 bridgehead atoms. The van der Waals surface area contributed by atoms with Crippen LogP contribution in [-0.2, 0) is 11.3 Å². The molecule has 0 aliphatic heterocycles. The van der Waals surface area contributed by atoms with Gasteiger partial charge in [0, 0.05) is 18.3 Å². The van der Waals surface area contributed by atoms with Gasteiger partial charge in [0.25, 0.3) is 5.91 Å². The summed E-state index contributed by atoms with van der Waals surface area (Å²) in [6.07, 6.45) is 1.62. The van der Waals surface area contributed by atoms with Gasteiger partial charge in [-0.2, -0.15) is 0 Å². The molecule has 1 unspecified atom stereocenters. The number of aliphatic carboxylic acids is 1. The highest BCUT2D eigenvalue weighted by Gasteiger charge is 2.21. The number of nitrogens with zero attached hydrogens (tertiary/aromatic N) is 2. The number of carboxylic acids is 1. The van der Waals surface area contributed by atoms with Crippen molar-refractivity contribution < 1.29 is 14.7 Å². The maximum Gasteiger partial charge on any atom is 0.305 e. The number of hydrogen-bond donors (Lipinski definition) is 3. The van der Waals surface area contributed by atoms with Crippen LogP contribution in [0.3, 0.4) is 0 Å². The average molecular weight is 525 g/mol. The molecule has 0 fully saturated rings. The number of hydrogen-bond acceptors (Lipinski definition) is 5. The fourth-order valence-corrected chi connectivity index (χ4v) is 5.29. The number of imidazole rings is 1. The lowest BCUT2D eigenvalue weighted by Gasteiger charge is -2.18. The molecule has 8 heteroatoms. The first-order valence-corrected chi connectivity index (χ1v) is 13.2. The molecule has 7 nitrogen and oxygen atoms in total. The monoisotopic (exact) mass is 524 g/mol. The molecule has 5 aromatic rings. The normalized spacial score (nSPS) is 11.8. The van der Waals surface area contributed by atoms with Gasteiger partial charge in [0.05, 0.1) is 17.3 Å². The molecule has 0 aliphatic rings. The molecule has 3 heterocycles. The summed E-state index contributed by atoms with van der Waals surface area (Å²) in [7, 11) is 0. The number of nitrogens with one attached hydrogen (secondary N) is 2. The standard InChI is InChI=1S/C30H28N4O3S/c1-19-8-10-22(11-9-19)24(17-26(35)36)32-30(37)23-12-14-34-25(16-23)33-27(28-20(2)13-15-38-28)29(34)31-18-21-6-4-3-5-7-21/h3-16,24,31H,17-18H2,1-2H3,(H,32,37)(H,35,36). The van der Waals surface area contributed by atoms with E-state index in [-0.39, 0.29) is 12.3 Å². The maximum atomic E-state index is 13.3. The molecule has 3 N–H and O–H groups in total. The second-order valence-electron chi connectivity index (χ2n) is 9.26. The van der Waals surface area contributed by atoms with Crippen LogP contribution >= 0.6 is 11.3 Å². The number of fused-ring (bicyclic) bond motifs is 1. The van der Waals surface area contributed by atoms with E-state index in [4.69, 9.17) is 4.98 Å². The van der Waals surface area contributed by atoms with Crippen LogP contribution in [0.15, 0.2) is 84.4 Å². The van der Waals surface area contributed by atoms with E-state index in [9.17, 15) is 14.7 Å². The zero-order valence-electron chi connectivity index (χ0n) is 21.1. The molecule has 5 rings (SSSR count). The van der Waals surface area contributed by atoms with Crippen LogP contribution in [0, 0.1) is 13.8 Å². The molecule has 38 heavy (non-hydrogen) atoms. The van der Waals surface area contributed by atoms with E-state index in [0.717, 1.165) is 38.6 Å². The number of aromatic nitrogens is 2. The second kappa shape index (κ2) is 10.9. The van der Waals surface area contributed by atoms with Crippen LogP contribution in [-0.4, -0.2) is 26.4 Å². The van der Waals surface area contributed by atoms with Gasteiger partial charge in [0.15, 0.2) is 0 Å². The predicted molar refractivity (Wildman–Crippen MR) is 151 cm³/mol. The Kier molecular flexibility index (Phi) is 7.24. The molecular weight excluding hydrogens is 496 g/mol. The van der Waals surface area contributed by atoms with Crippen molar-refractivity contribution in [1.29, 1.82) is 0 Å². The van der Waals surface area contributed by atoms with Gasteiger partial charge in [-0.25, -0.2) is 4.98 Å². The van der Waals surface area contributed by atoms with Crippen molar-refractivity contribution in [3.63, 3.8) is 0 Å². The number of benzene rings is 2. The van der Waals surface area contributed by atoms with Crippen LogP contribution in [0.1, 0.15) is 45.1 Å². The number of carboxylic acid groups (broad SMARTS) is 1. The third-order valence-electron chi connectivity index (χ3n) is 6.43. The predicted octanol–water partition coefficient (Wildman–Crippen LogP) is 6.24. The largest absolute Gasteiger partial charge is 0.481 e. The van der Waals surface area contributed by atoms with E-state index in [1.165, 1.54) is 0 Å². The van der Waals surface area contributed by atoms with Crippen molar-refractivity contribution in [2.45, 2.75) is 32.9 Å². The summed E-state index contributed by atoms with van der Waals surface area (Å²) >= 11 is 1.63. The van der Waals surface area contributed by atoms with Crippen molar-refractivity contribution >= 4 is 34.7 Å². The lowest BCUT2D eigenvalue weighted by molar-refractivity contribution is -0.137. The fraction of sp³-hybridized carbons (Fsp3) is 0.167. The minimum Gasteiger partial charge on any atom is -0.481 e. The summed E-state index contributed by atoms with van der Waals surface area (Å²) in [6, 6.07) is 22.5.